The molecule has 0 saturated carbocycles. The van der Waals surface area contributed by atoms with Gasteiger partial charge in [-0.05, 0) is 73.8 Å². The summed E-state index contributed by atoms with van der Waals surface area (Å²) in [5.41, 5.74) is 5.90. The zero-order valence-electron chi connectivity index (χ0n) is 26.8. The maximum Gasteiger partial charge on any atom is 0.418 e. The molecule has 4 amide bonds. The van der Waals surface area contributed by atoms with E-state index < -0.39 is 35.2 Å². The molecular weight excluding hydrogens is 651 g/mol. The molecule has 0 aliphatic carbocycles. The largest absolute Gasteiger partial charge is 0.481 e. The second-order valence-corrected chi connectivity index (χ2v) is 13.5. The third-order valence-electron chi connectivity index (χ3n) is 10.1. The van der Waals surface area contributed by atoms with Gasteiger partial charge in [0.1, 0.15) is 0 Å². The van der Waals surface area contributed by atoms with Crippen molar-refractivity contribution in [1.29, 1.82) is 0 Å². The number of anilines is 2. The first-order valence-electron chi connectivity index (χ1n) is 16.3. The zero-order valence-corrected chi connectivity index (χ0v) is 27.5. The van der Waals surface area contributed by atoms with E-state index in [1.54, 1.807) is 16.7 Å². The third kappa shape index (κ3) is 7.99. The number of hydrogen-bond acceptors (Lipinski definition) is 5. The normalized spacial score (nSPS) is 19.3. The minimum atomic E-state index is -4.76. The van der Waals surface area contributed by atoms with E-state index in [-0.39, 0.29) is 66.3 Å². The van der Waals surface area contributed by atoms with Crippen LogP contribution in [-0.4, -0.2) is 82.4 Å². The van der Waals surface area contributed by atoms with Gasteiger partial charge in [0.05, 0.1) is 28.1 Å². The molecule has 10 nitrogen and oxygen atoms in total. The van der Waals surface area contributed by atoms with Gasteiger partial charge in [-0.1, -0.05) is 36.7 Å². The first-order chi connectivity index (χ1) is 22.7. The lowest BCUT2D eigenvalue weighted by Gasteiger charge is -2.39. The number of amides is 4. The van der Waals surface area contributed by atoms with Crippen molar-refractivity contribution in [2.45, 2.75) is 64.1 Å². The summed E-state index contributed by atoms with van der Waals surface area (Å²) in [5.74, 6) is -3.24. The molecule has 0 bridgehead atoms. The number of carbonyl (C=O) groups is 4. The van der Waals surface area contributed by atoms with Crippen LogP contribution >= 0.6 is 11.6 Å². The van der Waals surface area contributed by atoms with Crippen LogP contribution in [0, 0.1) is 17.8 Å². The standard InChI is InChI=1S/C34H41ClF3N5O5/c1-20(32(46)47)22-6-11-42(12-7-22)31(45)24(16-21-17-26(34(36,37)38)30(39)27(35)18-21)19-29(44)41-13-9-25(10-14-41)43-15-8-23-4-2-3-5-28(23)40-33(43)48/h2-5,17-18,20,22,24-25H,6-16,19,39H2,1H3,(H,40,48)(H,46,47). The molecule has 2 aromatic rings. The summed E-state index contributed by atoms with van der Waals surface area (Å²) in [6.45, 7) is 3.49. The van der Waals surface area contributed by atoms with Crippen molar-refractivity contribution in [3.8, 4) is 0 Å². The van der Waals surface area contributed by atoms with Gasteiger partial charge in [0, 0.05) is 50.9 Å². The highest BCUT2D eigenvalue weighted by atomic mass is 35.5. The highest BCUT2D eigenvalue weighted by Crippen LogP contribution is 2.39. The van der Waals surface area contributed by atoms with Gasteiger partial charge >= 0.3 is 18.2 Å². The number of carboxylic acids is 1. The predicted molar refractivity (Wildman–Crippen MR) is 174 cm³/mol. The second kappa shape index (κ2) is 14.6. The van der Waals surface area contributed by atoms with E-state index in [4.69, 9.17) is 17.3 Å². The fraction of sp³-hybridized carbons (Fsp3) is 0.529. The zero-order chi connectivity index (χ0) is 34.7. The topological polar surface area (TPSA) is 136 Å². The molecule has 0 spiro atoms. The minimum Gasteiger partial charge on any atom is -0.481 e. The van der Waals surface area contributed by atoms with Crippen LogP contribution in [-0.2, 0) is 33.4 Å². The van der Waals surface area contributed by atoms with Crippen LogP contribution in [0.25, 0.3) is 0 Å². The summed E-state index contributed by atoms with van der Waals surface area (Å²) in [6.07, 6.45) is -2.42. The van der Waals surface area contributed by atoms with Crippen LogP contribution in [0.4, 0.5) is 29.3 Å². The van der Waals surface area contributed by atoms with Gasteiger partial charge in [-0.15, -0.1) is 0 Å². The molecule has 2 atom stereocenters. The molecular formula is C34H41ClF3N5O5. The van der Waals surface area contributed by atoms with Gasteiger partial charge in [0.2, 0.25) is 11.8 Å². The first kappa shape index (κ1) is 35.3. The molecule has 0 aromatic heterocycles. The third-order valence-corrected chi connectivity index (χ3v) is 10.4. The number of nitrogen functional groups attached to an aromatic ring is 1. The number of likely N-dealkylation sites (tertiary alicyclic amines) is 2. The van der Waals surface area contributed by atoms with E-state index in [9.17, 15) is 37.5 Å². The maximum absolute atomic E-state index is 13.9. The number of para-hydroxylation sites is 1. The molecule has 2 saturated heterocycles. The van der Waals surface area contributed by atoms with Crippen LogP contribution in [0.15, 0.2) is 36.4 Å². The molecule has 2 aromatic carbocycles. The van der Waals surface area contributed by atoms with Crippen molar-refractivity contribution in [2.75, 3.05) is 43.8 Å². The fourth-order valence-electron chi connectivity index (χ4n) is 7.14. The maximum atomic E-state index is 13.9. The molecule has 14 heteroatoms. The van der Waals surface area contributed by atoms with Crippen LogP contribution in [0.2, 0.25) is 5.02 Å². The first-order valence-corrected chi connectivity index (χ1v) is 16.7. The molecule has 5 rings (SSSR count). The molecule has 2 fully saturated rings. The summed E-state index contributed by atoms with van der Waals surface area (Å²) >= 11 is 6.08. The van der Waals surface area contributed by atoms with E-state index in [0.717, 1.165) is 17.3 Å². The summed E-state index contributed by atoms with van der Waals surface area (Å²) < 4.78 is 41.2. The van der Waals surface area contributed by atoms with Gasteiger partial charge in [0.25, 0.3) is 0 Å². The number of urea groups is 1. The number of halogens is 4. The highest BCUT2D eigenvalue weighted by Gasteiger charge is 2.38. The van der Waals surface area contributed by atoms with Crippen LogP contribution < -0.4 is 11.1 Å². The Morgan fingerprint density at radius 3 is 2.31 bits per heavy atom. The van der Waals surface area contributed by atoms with Gasteiger partial charge in [-0.2, -0.15) is 13.2 Å². The van der Waals surface area contributed by atoms with Gasteiger partial charge in [0.15, 0.2) is 0 Å². The number of alkyl halides is 3. The fourth-order valence-corrected chi connectivity index (χ4v) is 7.38. The van der Waals surface area contributed by atoms with E-state index in [1.807, 2.05) is 29.2 Å². The van der Waals surface area contributed by atoms with E-state index in [0.29, 0.717) is 51.7 Å². The Morgan fingerprint density at radius 2 is 1.67 bits per heavy atom. The Balaban J connectivity index is 1.27. The lowest BCUT2D eigenvalue weighted by atomic mass is 9.84. The molecule has 4 N–H and O–H groups in total. The number of fused-ring (bicyclic) bond motifs is 1. The lowest BCUT2D eigenvalue weighted by molar-refractivity contribution is -0.145. The van der Waals surface area contributed by atoms with Crippen molar-refractivity contribution in [3.05, 3.63) is 58.1 Å². The number of rotatable bonds is 8. The Labute approximate surface area is 282 Å². The van der Waals surface area contributed by atoms with Crippen molar-refractivity contribution in [2.24, 2.45) is 17.8 Å². The van der Waals surface area contributed by atoms with E-state index in [1.165, 1.54) is 6.07 Å². The number of nitrogens with zero attached hydrogens (tertiary/aromatic N) is 3. The Morgan fingerprint density at radius 1 is 1.02 bits per heavy atom. The van der Waals surface area contributed by atoms with Gasteiger partial charge in [-0.3, -0.25) is 14.4 Å². The second-order valence-electron chi connectivity index (χ2n) is 13.1. The van der Waals surface area contributed by atoms with Crippen molar-refractivity contribution < 1.29 is 37.5 Å². The molecule has 2 unspecified atom stereocenters. The average Bonchev–Trinajstić information content (AvgIpc) is 3.22. The monoisotopic (exact) mass is 691 g/mol. The number of benzene rings is 2. The molecule has 3 aliphatic heterocycles. The number of aliphatic carboxylic acids is 1. The summed E-state index contributed by atoms with van der Waals surface area (Å²) in [5, 5.41) is 12.1. The summed E-state index contributed by atoms with van der Waals surface area (Å²) in [6, 6.07) is 9.58. The quantitative estimate of drug-likeness (QED) is 0.312. The number of carboxylic acid groups (broad SMARTS) is 1. The van der Waals surface area contributed by atoms with E-state index >= 15 is 0 Å². The number of hydrogen-bond donors (Lipinski definition) is 3. The molecule has 3 heterocycles. The number of nitrogens with one attached hydrogen (secondary N) is 1. The molecule has 48 heavy (non-hydrogen) atoms. The van der Waals surface area contributed by atoms with E-state index in [2.05, 4.69) is 5.32 Å². The van der Waals surface area contributed by atoms with Gasteiger partial charge in [-0.25, -0.2) is 4.79 Å². The summed E-state index contributed by atoms with van der Waals surface area (Å²) in [7, 11) is 0. The Hall–Kier alpha value is -4.00. The van der Waals surface area contributed by atoms with Crippen molar-refractivity contribution in [1.82, 2.24) is 14.7 Å². The van der Waals surface area contributed by atoms with Crippen LogP contribution in [0.3, 0.4) is 0 Å². The SMILES string of the molecule is CC(C(=O)O)C1CCN(C(=O)C(CC(=O)N2CCC(N3CCc4ccccc4NC3=O)CC2)Cc2cc(Cl)c(N)c(C(F)(F)F)c2)CC1. The molecule has 3 aliphatic rings. The predicted octanol–water partition coefficient (Wildman–Crippen LogP) is 5.53. The number of carbonyl (C=O) groups excluding carboxylic acids is 3. The number of nitrogens with two attached hydrogens (primary N) is 1. The molecule has 0 radical (unpaired) electrons. The average molecular weight is 692 g/mol. The van der Waals surface area contributed by atoms with Crippen molar-refractivity contribution >= 4 is 46.8 Å². The minimum absolute atomic E-state index is 0.0759. The number of piperidine rings is 2. The van der Waals surface area contributed by atoms with Gasteiger partial charge < -0.3 is 30.9 Å². The van der Waals surface area contributed by atoms with Crippen LogP contribution in [0.5, 0.6) is 0 Å². The van der Waals surface area contributed by atoms with Crippen molar-refractivity contribution in [3.63, 3.8) is 0 Å². The lowest BCUT2D eigenvalue weighted by Crippen LogP contribution is -2.50. The van der Waals surface area contributed by atoms with Crippen LogP contribution in [0.1, 0.15) is 55.7 Å². The smallest absolute Gasteiger partial charge is 0.418 e. The Bertz CT molecular complexity index is 1540. The Kier molecular flexibility index (Phi) is 10.8. The molecule has 260 valence electrons. The highest BCUT2D eigenvalue weighted by molar-refractivity contribution is 6.33. The summed E-state index contributed by atoms with van der Waals surface area (Å²) in [4.78, 5) is 57.1.